The summed E-state index contributed by atoms with van der Waals surface area (Å²) >= 11 is 7.94. The minimum Gasteiger partial charge on any atom is -0.259 e. The van der Waals surface area contributed by atoms with Crippen LogP contribution < -0.4 is 0 Å². The van der Waals surface area contributed by atoms with Crippen LogP contribution in [0, 0.1) is 0 Å². The molecule has 0 bridgehead atoms. The van der Waals surface area contributed by atoms with E-state index in [1.165, 1.54) is 0 Å². The van der Waals surface area contributed by atoms with Gasteiger partial charge < -0.3 is 0 Å². The van der Waals surface area contributed by atoms with Crippen LogP contribution in [0.1, 0.15) is 19.4 Å². The molecular formula is C37H28ClN3OS2. The summed E-state index contributed by atoms with van der Waals surface area (Å²) in [7, 11) is -1.06. The number of rotatable bonds is 6. The lowest BCUT2D eigenvalue weighted by Gasteiger charge is -2.24. The zero-order chi connectivity index (χ0) is 30.4. The molecule has 0 amide bonds. The van der Waals surface area contributed by atoms with Crippen LogP contribution in [0.25, 0.3) is 65.2 Å². The number of aromatic nitrogens is 3. The molecule has 3 heterocycles. The average Bonchev–Trinajstić information content (AvgIpc) is 3.49. The summed E-state index contributed by atoms with van der Waals surface area (Å²) in [6, 6.07) is 34.9. The van der Waals surface area contributed by atoms with E-state index >= 15 is 0 Å². The first kappa shape index (κ1) is 28.5. The van der Waals surface area contributed by atoms with Gasteiger partial charge in [-0.3, -0.25) is 14.2 Å². The number of nitrogens with zero attached hydrogens (tertiary/aromatic N) is 3. The third kappa shape index (κ3) is 5.13. The number of pyridine rings is 2. The quantitative estimate of drug-likeness (QED) is 0.184. The highest BCUT2D eigenvalue weighted by Gasteiger charge is 2.27. The van der Waals surface area contributed by atoms with E-state index in [9.17, 15) is 4.21 Å². The smallest absolute Gasteiger partial charge is 0.125 e. The molecule has 0 N–H and O–H groups in total. The van der Waals surface area contributed by atoms with E-state index in [0.29, 0.717) is 5.02 Å². The van der Waals surface area contributed by atoms with Crippen molar-refractivity contribution < 1.29 is 4.21 Å². The van der Waals surface area contributed by atoms with Crippen LogP contribution in [0.3, 0.4) is 0 Å². The molecule has 1 atom stereocenters. The summed E-state index contributed by atoms with van der Waals surface area (Å²) in [4.78, 5) is 15.6. The lowest BCUT2D eigenvalue weighted by molar-refractivity contribution is 0.648. The maximum atomic E-state index is 12.8. The van der Waals surface area contributed by atoms with Crippen molar-refractivity contribution in [2.24, 2.45) is 0 Å². The van der Waals surface area contributed by atoms with Gasteiger partial charge in [0.2, 0.25) is 0 Å². The molecule has 0 saturated carbocycles. The van der Waals surface area contributed by atoms with Gasteiger partial charge in [-0.1, -0.05) is 66.2 Å². The Morgan fingerprint density at radius 2 is 1.50 bits per heavy atom. The highest BCUT2D eigenvalue weighted by atomic mass is 35.5. The van der Waals surface area contributed by atoms with Crippen LogP contribution >= 0.6 is 22.9 Å². The van der Waals surface area contributed by atoms with Crippen LogP contribution in [-0.4, -0.2) is 25.4 Å². The Morgan fingerprint density at radius 1 is 0.750 bits per heavy atom. The molecule has 3 aromatic heterocycles. The van der Waals surface area contributed by atoms with Crippen molar-refractivity contribution in [3.63, 3.8) is 0 Å². The van der Waals surface area contributed by atoms with E-state index in [2.05, 4.69) is 59.6 Å². The molecule has 0 aliphatic heterocycles. The van der Waals surface area contributed by atoms with E-state index < -0.39 is 15.5 Å². The first-order chi connectivity index (χ1) is 21.3. The predicted octanol–water partition coefficient (Wildman–Crippen LogP) is 10.2. The lowest BCUT2D eigenvalue weighted by Crippen LogP contribution is -2.22. The summed E-state index contributed by atoms with van der Waals surface area (Å²) < 4.78 is 12.2. The molecule has 7 aromatic rings. The maximum Gasteiger partial charge on any atom is 0.125 e. The van der Waals surface area contributed by atoms with Gasteiger partial charge in [0.15, 0.2) is 0 Å². The van der Waals surface area contributed by atoms with Crippen LogP contribution in [0.15, 0.2) is 116 Å². The van der Waals surface area contributed by atoms with Gasteiger partial charge in [0.25, 0.3) is 0 Å². The minimum atomic E-state index is -1.06. The standard InChI is InChI=1S/C37H28ClN3OS2/c1-37(2,44(3)42)27-21-25-10-6-19-40-33(25)31(22-27)24-8-4-9-26(20-24)35-34(23-14-16-28(38)17-15-23)41-36(43-35)30-11-5-13-32-29(30)12-7-18-39-32/h4-22H,1-3H3. The van der Waals surface area contributed by atoms with Gasteiger partial charge in [-0.15, -0.1) is 11.3 Å². The molecule has 0 aliphatic carbocycles. The summed E-state index contributed by atoms with van der Waals surface area (Å²) in [5.74, 6) is 0. The zero-order valence-corrected chi connectivity index (χ0v) is 26.8. The lowest BCUT2D eigenvalue weighted by atomic mass is 9.92. The molecule has 7 heteroatoms. The van der Waals surface area contributed by atoms with E-state index in [-0.39, 0.29) is 0 Å². The van der Waals surface area contributed by atoms with Gasteiger partial charge in [0.1, 0.15) is 5.01 Å². The largest absolute Gasteiger partial charge is 0.259 e. The first-order valence-corrected chi connectivity index (χ1v) is 17.0. The fraction of sp³-hybridized carbons (Fsp3) is 0.108. The van der Waals surface area contributed by atoms with Gasteiger partial charge in [-0.2, -0.15) is 0 Å². The number of halogens is 1. The van der Waals surface area contributed by atoms with Gasteiger partial charge in [0.05, 0.1) is 26.4 Å². The van der Waals surface area contributed by atoms with Crippen LogP contribution in [0.5, 0.6) is 0 Å². The van der Waals surface area contributed by atoms with Crippen molar-refractivity contribution >= 4 is 55.5 Å². The Labute approximate surface area is 267 Å². The summed E-state index contributed by atoms with van der Waals surface area (Å²) in [5, 5.41) is 3.70. The fourth-order valence-corrected chi connectivity index (χ4v) is 7.18. The molecule has 216 valence electrons. The monoisotopic (exact) mass is 629 g/mol. The summed E-state index contributed by atoms with van der Waals surface area (Å²) in [6.07, 6.45) is 5.40. The van der Waals surface area contributed by atoms with Crippen LogP contribution in [0.4, 0.5) is 0 Å². The Kier molecular flexibility index (Phi) is 7.37. The minimum absolute atomic E-state index is 0.516. The third-order valence-electron chi connectivity index (χ3n) is 8.18. The fourth-order valence-electron chi connectivity index (χ4n) is 5.48. The first-order valence-electron chi connectivity index (χ1n) is 14.2. The van der Waals surface area contributed by atoms with E-state index in [1.54, 1.807) is 17.6 Å². The zero-order valence-electron chi connectivity index (χ0n) is 24.4. The predicted molar refractivity (Wildman–Crippen MR) is 187 cm³/mol. The molecule has 1 unspecified atom stereocenters. The van der Waals surface area contributed by atoms with Gasteiger partial charge in [0, 0.05) is 61.9 Å². The van der Waals surface area contributed by atoms with Gasteiger partial charge >= 0.3 is 0 Å². The Bertz CT molecular complexity index is 2200. The second-order valence-electron chi connectivity index (χ2n) is 11.2. The molecule has 7 rings (SSSR count). The molecule has 0 spiro atoms. The number of hydrogen-bond donors (Lipinski definition) is 0. The van der Waals surface area contributed by atoms with E-state index in [1.807, 2.05) is 74.8 Å². The number of fused-ring (bicyclic) bond motifs is 2. The van der Waals surface area contributed by atoms with Crippen molar-refractivity contribution in [3.05, 3.63) is 126 Å². The molecule has 44 heavy (non-hydrogen) atoms. The van der Waals surface area contributed by atoms with Crippen molar-refractivity contribution in [2.75, 3.05) is 6.26 Å². The van der Waals surface area contributed by atoms with Crippen molar-refractivity contribution in [2.45, 2.75) is 18.6 Å². The average molecular weight is 630 g/mol. The second-order valence-corrected chi connectivity index (χ2v) is 14.6. The molecule has 0 aliphatic rings. The second kappa shape index (κ2) is 11.4. The molecule has 0 radical (unpaired) electrons. The van der Waals surface area contributed by atoms with Gasteiger partial charge in [-0.05, 0) is 79.1 Å². The van der Waals surface area contributed by atoms with Crippen molar-refractivity contribution in [1.29, 1.82) is 0 Å². The van der Waals surface area contributed by atoms with Crippen LogP contribution in [-0.2, 0) is 15.5 Å². The van der Waals surface area contributed by atoms with Crippen molar-refractivity contribution in [1.82, 2.24) is 15.0 Å². The summed E-state index contributed by atoms with van der Waals surface area (Å²) in [6.45, 7) is 4.06. The highest BCUT2D eigenvalue weighted by Crippen LogP contribution is 2.44. The molecule has 0 fully saturated rings. The normalized spacial score (nSPS) is 12.5. The van der Waals surface area contributed by atoms with Crippen molar-refractivity contribution in [3.8, 4) is 43.4 Å². The molecule has 4 aromatic carbocycles. The number of thiazole rings is 1. The Balaban J connectivity index is 1.44. The van der Waals surface area contributed by atoms with E-state index in [0.717, 1.165) is 70.8 Å². The molecule has 4 nitrogen and oxygen atoms in total. The number of benzene rings is 4. The Hall–Kier alpha value is -4.23. The maximum absolute atomic E-state index is 12.8. The SMILES string of the molecule is CS(=O)C(C)(C)c1cc(-c2cccc(-c3sc(-c4cccc5ncccc45)nc3-c3ccc(Cl)cc3)c2)c2ncccc2c1. The molecular weight excluding hydrogens is 602 g/mol. The topological polar surface area (TPSA) is 55.7 Å². The summed E-state index contributed by atoms with van der Waals surface area (Å²) in [5.41, 5.74) is 8.93. The van der Waals surface area contributed by atoms with Crippen LogP contribution in [0.2, 0.25) is 5.02 Å². The third-order valence-corrected chi connectivity index (χ3v) is 11.2. The van der Waals surface area contributed by atoms with E-state index in [4.69, 9.17) is 21.6 Å². The molecule has 0 saturated heterocycles. The number of hydrogen-bond acceptors (Lipinski definition) is 5. The highest BCUT2D eigenvalue weighted by molar-refractivity contribution is 7.85. The van der Waals surface area contributed by atoms with Gasteiger partial charge in [-0.25, -0.2) is 4.98 Å². The Morgan fingerprint density at radius 3 is 2.32 bits per heavy atom.